The van der Waals surface area contributed by atoms with Gasteiger partial charge in [0.2, 0.25) is 0 Å². The fourth-order valence-corrected chi connectivity index (χ4v) is 3.25. The Balaban J connectivity index is 2.20. The van der Waals surface area contributed by atoms with E-state index in [9.17, 15) is 13.2 Å². The third-order valence-corrected chi connectivity index (χ3v) is 4.70. The van der Waals surface area contributed by atoms with Crippen LogP contribution in [0.1, 0.15) is 0 Å². The maximum atomic E-state index is 12.3. The first-order valence-electron chi connectivity index (χ1n) is 6.25. The fourth-order valence-electron chi connectivity index (χ4n) is 1.66. The van der Waals surface area contributed by atoms with Gasteiger partial charge in [-0.25, -0.2) is 13.2 Å². The van der Waals surface area contributed by atoms with Crippen molar-refractivity contribution in [1.29, 1.82) is 0 Å². The van der Waals surface area contributed by atoms with E-state index in [1.54, 1.807) is 0 Å². The minimum absolute atomic E-state index is 0.0129. The molecule has 1 amide bonds. The lowest BCUT2D eigenvalue weighted by molar-refractivity contribution is 0.187. The van der Waals surface area contributed by atoms with Gasteiger partial charge in [0.25, 0.3) is 10.0 Å². The second-order valence-corrected chi connectivity index (χ2v) is 6.90. The van der Waals surface area contributed by atoms with Crippen molar-refractivity contribution in [3.63, 3.8) is 0 Å². The summed E-state index contributed by atoms with van der Waals surface area (Å²) in [6.07, 6.45) is -0.647. The summed E-state index contributed by atoms with van der Waals surface area (Å²) in [7, 11) is -2.59. The molecule has 0 heterocycles. The predicted molar refractivity (Wildman–Crippen MR) is 89.7 cm³/mol. The quantitative estimate of drug-likeness (QED) is 0.847. The predicted octanol–water partition coefficient (Wildman–Crippen LogP) is 3.97. The van der Waals surface area contributed by atoms with Crippen LogP contribution in [0.25, 0.3) is 0 Å². The number of hydrogen-bond donors (Lipinski definition) is 2. The number of carbonyl (C=O) groups is 1. The van der Waals surface area contributed by atoms with Crippen molar-refractivity contribution >= 4 is 50.7 Å². The molecular formula is C14H12Cl2N2O4S. The molecule has 6 nitrogen and oxygen atoms in total. The normalized spacial score (nSPS) is 10.9. The molecule has 9 heteroatoms. The maximum absolute atomic E-state index is 12.3. The first kappa shape index (κ1) is 17.4. The molecule has 2 aromatic rings. The lowest BCUT2D eigenvalue weighted by atomic mass is 10.3. The second-order valence-electron chi connectivity index (χ2n) is 4.37. The number of methoxy groups -OCH3 is 1. The Morgan fingerprint density at radius 3 is 2.30 bits per heavy atom. The van der Waals surface area contributed by atoms with Gasteiger partial charge >= 0.3 is 6.09 Å². The monoisotopic (exact) mass is 374 g/mol. The molecule has 0 aromatic heterocycles. The zero-order valence-corrected chi connectivity index (χ0v) is 14.2. The molecule has 0 radical (unpaired) electrons. The second kappa shape index (κ2) is 7.08. The first-order valence-corrected chi connectivity index (χ1v) is 8.48. The molecule has 0 saturated carbocycles. The van der Waals surface area contributed by atoms with Crippen LogP contribution >= 0.6 is 23.2 Å². The van der Waals surface area contributed by atoms with Gasteiger partial charge in [-0.15, -0.1) is 0 Å². The van der Waals surface area contributed by atoms with Crippen molar-refractivity contribution < 1.29 is 17.9 Å². The molecule has 0 aliphatic heterocycles. The smallest absolute Gasteiger partial charge is 0.411 e. The van der Waals surface area contributed by atoms with Gasteiger partial charge < -0.3 is 4.74 Å². The van der Waals surface area contributed by atoms with Gasteiger partial charge in [-0.1, -0.05) is 23.2 Å². The average molecular weight is 375 g/mol. The number of sulfonamides is 1. The van der Waals surface area contributed by atoms with Crippen molar-refractivity contribution in [1.82, 2.24) is 0 Å². The first-order chi connectivity index (χ1) is 10.8. The number of ether oxygens (including phenoxy) is 1. The highest BCUT2D eigenvalue weighted by Gasteiger charge is 2.16. The zero-order valence-electron chi connectivity index (χ0n) is 11.8. The van der Waals surface area contributed by atoms with Crippen LogP contribution in [0.15, 0.2) is 47.4 Å². The highest BCUT2D eigenvalue weighted by atomic mass is 35.5. The van der Waals surface area contributed by atoms with Crippen LogP contribution in [-0.4, -0.2) is 21.6 Å². The summed E-state index contributed by atoms with van der Waals surface area (Å²) >= 11 is 11.7. The molecule has 0 bridgehead atoms. The van der Waals surface area contributed by atoms with Crippen LogP contribution in [0.5, 0.6) is 0 Å². The largest absolute Gasteiger partial charge is 0.453 e. The molecule has 0 unspecified atom stereocenters. The van der Waals surface area contributed by atoms with Crippen LogP contribution in [0.4, 0.5) is 16.2 Å². The molecule has 0 spiro atoms. The van der Waals surface area contributed by atoms with Gasteiger partial charge in [-0.05, 0) is 42.5 Å². The molecule has 122 valence electrons. The summed E-state index contributed by atoms with van der Waals surface area (Å²) in [4.78, 5) is 11.1. The van der Waals surface area contributed by atoms with E-state index in [0.717, 1.165) is 0 Å². The van der Waals surface area contributed by atoms with E-state index >= 15 is 0 Å². The third-order valence-electron chi connectivity index (χ3n) is 2.77. The summed E-state index contributed by atoms with van der Waals surface area (Å²) in [6.45, 7) is 0. The van der Waals surface area contributed by atoms with E-state index in [4.69, 9.17) is 23.2 Å². The standard InChI is InChI=1S/C14H12Cl2N2O4S/c1-22-14(19)17-10-3-5-11(6-4-10)23(20,21)18-13-7-2-9(15)8-12(13)16/h2-8,18H,1H3,(H,17,19). The summed E-state index contributed by atoms with van der Waals surface area (Å²) < 4.78 is 31.4. The Bertz CT molecular complexity index is 823. The molecule has 23 heavy (non-hydrogen) atoms. The Morgan fingerprint density at radius 1 is 1.09 bits per heavy atom. The van der Waals surface area contributed by atoms with Gasteiger partial charge in [-0.3, -0.25) is 10.0 Å². The summed E-state index contributed by atoms with van der Waals surface area (Å²) in [5.74, 6) is 0. The van der Waals surface area contributed by atoms with E-state index in [-0.39, 0.29) is 15.6 Å². The minimum atomic E-state index is -3.82. The van der Waals surface area contributed by atoms with Crippen molar-refractivity contribution in [2.45, 2.75) is 4.90 Å². The van der Waals surface area contributed by atoms with Crippen molar-refractivity contribution in [3.8, 4) is 0 Å². The maximum Gasteiger partial charge on any atom is 0.411 e. The lowest BCUT2D eigenvalue weighted by Crippen LogP contribution is -2.14. The number of anilines is 2. The fraction of sp³-hybridized carbons (Fsp3) is 0.0714. The van der Waals surface area contributed by atoms with Crippen LogP contribution in [-0.2, 0) is 14.8 Å². The van der Waals surface area contributed by atoms with E-state index in [1.165, 1.54) is 49.6 Å². The summed E-state index contributed by atoms with van der Waals surface area (Å²) in [5.41, 5.74) is 0.619. The molecule has 2 N–H and O–H groups in total. The Hall–Kier alpha value is -1.96. The van der Waals surface area contributed by atoms with E-state index in [2.05, 4.69) is 14.8 Å². The summed E-state index contributed by atoms with van der Waals surface area (Å²) in [5, 5.41) is 3.01. The molecule has 2 rings (SSSR count). The lowest BCUT2D eigenvalue weighted by Gasteiger charge is -2.10. The molecule has 0 atom stereocenters. The Labute approximate surface area is 143 Å². The summed E-state index contributed by atoms with van der Waals surface area (Å²) in [6, 6.07) is 9.99. The number of halogens is 2. The van der Waals surface area contributed by atoms with E-state index in [0.29, 0.717) is 10.7 Å². The molecule has 2 aromatic carbocycles. The van der Waals surface area contributed by atoms with Gasteiger partial charge in [0.1, 0.15) is 0 Å². The highest BCUT2D eigenvalue weighted by Crippen LogP contribution is 2.27. The molecule has 0 aliphatic carbocycles. The molecule has 0 aliphatic rings. The number of benzene rings is 2. The van der Waals surface area contributed by atoms with E-state index < -0.39 is 16.1 Å². The Morgan fingerprint density at radius 2 is 1.74 bits per heavy atom. The van der Waals surface area contributed by atoms with E-state index in [1.807, 2.05) is 0 Å². The molecule has 0 saturated heterocycles. The van der Waals surface area contributed by atoms with Crippen LogP contribution in [0.3, 0.4) is 0 Å². The Kier molecular flexibility index (Phi) is 5.35. The van der Waals surface area contributed by atoms with Crippen molar-refractivity contribution in [2.75, 3.05) is 17.1 Å². The highest BCUT2D eigenvalue weighted by molar-refractivity contribution is 7.92. The van der Waals surface area contributed by atoms with Gasteiger partial charge in [0.15, 0.2) is 0 Å². The van der Waals surface area contributed by atoms with Crippen molar-refractivity contribution in [2.24, 2.45) is 0 Å². The van der Waals surface area contributed by atoms with Gasteiger partial charge in [-0.2, -0.15) is 0 Å². The topological polar surface area (TPSA) is 84.5 Å². The number of amides is 1. The number of nitrogens with one attached hydrogen (secondary N) is 2. The van der Waals surface area contributed by atoms with Gasteiger partial charge in [0, 0.05) is 10.7 Å². The average Bonchev–Trinajstić information content (AvgIpc) is 2.50. The van der Waals surface area contributed by atoms with Crippen LogP contribution in [0.2, 0.25) is 10.0 Å². The number of rotatable bonds is 4. The number of carbonyl (C=O) groups excluding carboxylic acids is 1. The number of hydrogen-bond acceptors (Lipinski definition) is 4. The van der Waals surface area contributed by atoms with Crippen LogP contribution in [0, 0.1) is 0 Å². The molecular weight excluding hydrogens is 363 g/mol. The minimum Gasteiger partial charge on any atom is -0.453 e. The van der Waals surface area contributed by atoms with Crippen molar-refractivity contribution in [3.05, 3.63) is 52.5 Å². The SMILES string of the molecule is COC(=O)Nc1ccc(S(=O)(=O)Nc2ccc(Cl)cc2Cl)cc1. The van der Waals surface area contributed by atoms with Gasteiger partial charge in [0.05, 0.1) is 22.7 Å². The molecule has 0 fully saturated rings. The van der Waals surface area contributed by atoms with Crippen LogP contribution < -0.4 is 10.0 Å². The zero-order chi connectivity index (χ0) is 17.0. The third kappa shape index (κ3) is 4.51.